The lowest BCUT2D eigenvalue weighted by atomic mass is 10.0. The fraction of sp³-hybridized carbons (Fsp3) is 0.300. The molecule has 2 atom stereocenters. The van der Waals surface area contributed by atoms with E-state index in [4.69, 9.17) is 11.5 Å². The maximum absolute atomic E-state index is 13.3. The molecule has 0 saturated carbocycles. The monoisotopic (exact) mass is 246 g/mol. The lowest BCUT2D eigenvalue weighted by Gasteiger charge is -2.18. The summed E-state index contributed by atoms with van der Waals surface area (Å²) in [6.45, 7) is 0. The minimum Gasteiger partial charge on any atom is -0.396 e. The predicted octanol–water partition coefficient (Wildman–Crippen LogP) is -0.183. The molecule has 1 amide bonds. The van der Waals surface area contributed by atoms with Crippen LogP contribution in [0.4, 0.5) is 14.5 Å². The Labute approximate surface area is 95.7 Å². The van der Waals surface area contributed by atoms with Gasteiger partial charge >= 0.3 is 0 Å². The van der Waals surface area contributed by atoms with Gasteiger partial charge in [-0.05, 0) is 6.07 Å². The third kappa shape index (κ3) is 3.11. The fourth-order valence-corrected chi connectivity index (χ4v) is 1.34. The largest absolute Gasteiger partial charge is 0.396 e. The van der Waals surface area contributed by atoms with Crippen LogP contribution in [-0.4, -0.2) is 22.2 Å². The van der Waals surface area contributed by atoms with Gasteiger partial charge in [0.1, 0.15) is 17.7 Å². The van der Waals surface area contributed by atoms with E-state index in [9.17, 15) is 23.8 Å². The number of rotatable bonds is 4. The number of benzene rings is 1. The Kier molecular flexibility index (Phi) is 3.97. The lowest BCUT2D eigenvalue weighted by molar-refractivity contribution is -0.121. The molecule has 0 aliphatic heterocycles. The second kappa shape index (κ2) is 5.07. The van der Waals surface area contributed by atoms with E-state index < -0.39 is 41.7 Å². The molecule has 0 heterocycles. The van der Waals surface area contributed by atoms with Gasteiger partial charge in [0.25, 0.3) is 0 Å². The first-order valence-electron chi connectivity index (χ1n) is 4.71. The van der Waals surface area contributed by atoms with Crippen LogP contribution in [0.15, 0.2) is 12.1 Å². The Morgan fingerprint density at radius 2 is 1.88 bits per heavy atom. The smallest absolute Gasteiger partial charge is 0.220 e. The third-order valence-electron chi connectivity index (χ3n) is 2.21. The van der Waals surface area contributed by atoms with E-state index in [-0.39, 0.29) is 5.69 Å². The van der Waals surface area contributed by atoms with Crippen LogP contribution in [0.3, 0.4) is 0 Å². The molecule has 0 spiro atoms. The Balaban J connectivity index is 2.99. The third-order valence-corrected chi connectivity index (χ3v) is 2.21. The van der Waals surface area contributed by atoms with Crippen LogP contribution >= 0.6 is 0 Å². The van der Waals surface area contributed by atoms with Crippen molar-refractivity contribution in [3.05, 3.63) is 29.3 Å². The molecule has 1 aromatic carbocycles. The SMILES string of the molecule is NC(=O)CC(O)C(O)c1cc(N)c(F)cc1F. The van der Waals surface area contributed by atoms with Crippen LogP contribution in [-0.2, 0) is 4.79 Å². The first-order valence-corrected chi connectivity index (χ1v) is 4.71. The quantitative estimate of drug-likeness (QED) is 0.552. The van der Waals surface area contributed by atoms with Gasteiger partial charge in [-0.25, -0.2) is 8.78 Å². The molecule has 0 aliphatic rings. The summed E-state index contributed by atoms with van der Waals surface area (Å²) >= 11 is 0. The minimum absolute atomic E-state index is 0.369. The standard InChI is InChI=1S/C10H12F2N2O3/c11-5-2-6(12)7(13)1-4(5)10(17)8(15)3-9(14)16/h1-2,8,10,15,17H,3,13H2,(H2,14,16). The second-order valence-electron chi connectivity index (χ2n) is 3.58. The van der Waals surface area contributed by atoms with Crippen molar-refractivity contribution in [1.82, 2.24) is 0 Å². The molecule has 1 rings (SSSR count). The molecule has 0 saturated heterocycles. The summed E-state index contributed by atoms with van der Waals surface area (Å²) in [6.07, 6.45) is -3.82. The molecule has 7 heteroatoms. The minimum atomic E-state index is -1.70. The van der Waals surface area contributed by atoms with Crippen LogP contribution in [0.2, 0.25) is 0 Å². The average Bonchev–Trinajstić information content (AvgIpc) is 2.21. The maximum Gasteiger partial charge on any atom is 0.220 e. The van der Waals surface area contributed by atoms with E-state index >= 15 is 0 Å². The number of nitrogens with two attached hydrogens (primary N) is 2. The number of carbonyl (C=O) groups is 1. The first kappa shape index (κ1) is 13.3. The van der Waals surface area contributed by atoms with Gasteiger partial charge in [-0.3, -0.25) is 4.79 Å². The summed E-state index contributed by atoms with van der Waals surface area (Å²) in [5.41, 5.74) is 9.26. The molecule has 0 fully saturated rings. The van der Waals surface area contributed by atoms with E-state index in [0.717, 1.165) is 6.07 Å². The van der Waals surface area contributed by atoms with Crippen molar-refractivity contribution in [3.8, 4) is 0 Å². The molecule has 0 radical (unpaired) electrons. The van der Waals surface area contributed by atoms with E-state index in [1.165, 1.54) is 0 Å². The summed E-state index contributed by atoms with van der Waals surface area (Å²) in [6, 6.07) is 1.35. The number of halogens is 2. The van der Waals surface area contributed by atoms with Gasteiger partial charge in [0, 0.05) is 11.6 Å². The highest BCUT2D eigenvalue weighted by molar-refractivity contribution is 5.74. The fourth-order valence-electron chi connectivity index (χ4n) is 1.34. The topological polar surface area (TPSA) is 110 Å². The van der Waals surface area contributed by atoms with Crippen LogP contribution in [0.1, 0.15) is 18.1 Å². The number of hydrogen-bond acceptors (Lipinski definition) is 4. The van der Waals surface area contributed by atoms with Gasteiger partial charge in [0.05, 0.1) is 18.2 Å². The zero-order valence-corrected chi connectivity index (χ0v) is 8.73. The zero-order valence-electron chi connectivity index (χ0n) is 8.73. The summed E-state index contributed by atoms with van der Waals surface area (Å²) < 4.78 is 26.1. The number of aliphatic hydroxyl groups is 2. The molecular weight excluding hydrogens is 234 g/mol. The van der Waals surface area contributed by atoms with Crippen molar-refractivity contribution in [1.29, 1.82) is 0 Å². The number of primary amides is 1. The average molecular weight is 246 g/mol. The van der Waals surface area contributed by atoms with Crippen LogP contribution < -0.4 is 11.5 Å². The van der Waals surface area contributed by atoms with Gasteiger partial charge in [0.2, 0.25) is 5.91 Å². The van der Waals surface area contributed by atoms with E-state index in [2.05, 4.69) is 0 Å². The molecule has 0 aromatic heterocycles. The first-order chi connectivity index (χ1) is 7.82. The lowest BCUT2D eigenvalue weighted by Crippen LogP contribution is -2.26. The van der Waals surface area contributed by atoms with E-state index in [1.54, 1.807) is 0 Å². The second-order valence-corrected chi connectivity index (χ2v) is 3.58. The number of aliphatic hydroxyl groups excluding tert-OH is 2. The molecule has 17 heavy (non-hydrogen) atoms. The number of carbonyl (C=O) groups excluding carboxylic acids is 1. The van der Waals surface area contributed by atoms with Crippen molar-refractivity contribution in [2.75, 3.05) is 5.73 Å². The normalized spacial score (nSPS) is 14.4. The van der Waals surface area contributed by atoms with E-state index in [1.807, 2.05) is 0 Å². The molecular formula is C10H12F2N2O3. The van der Waals surface area contributed by atoms with Crippen molar-refractivity contribution < 1.29 is 23.8 Å². The Bertz CT molecular complexity index is 440. The predicted molar refractivity (Wildman–Crippen MR) is 55.5 cm³/mol. The zero-order chi connectivity index (χ0) is 13.2. The van der Waals surface area contributed by atoms with Crippen LogP contribution in [0, 0.1) is 11.6 Å². The summed E-state index contributed by atoms with van der Waals surface area (Å²) in [5.74, 6) is -2.89. The van der Waals surface area contributed by atoms with Gasteiger partial charge in [0.15, 0.2) is 0 Å². The van der Waals surface area contributed by atoms with Crippen molar-refractivity contribution in [2.45, 2.75) is 18.6 Å². The molecule has 94 valence electrons. The van der Waals surface area contributed by atoms with Crippen molar-refractivity contribution in [3.63, 3.8) is 0 Å². The Hall–Kier alpha value is -1.73. The molecule has 0 aliphatic carbocycles. The van der Waals surface area contributed by atoms with Gasteiger partial charge in [-0.1, -0.05) is 0 Å². The van der Waals surface area contributed by atoms with Crippen LogP contribution in [0.5, 0.6) is 0 Å². The number of anilines is 1. The Morgan fingerprint density at radius 1 is 1.29 bits per heavy atom. The number of hydrogen-bond donors (Lipinski definition) is 4. The van der Waals surface area contributed by atoms with Gasteiger partial charge in [-0.15, -0.1) is 0 Å². The highest BCUT2D eigenvalue weighted by atomic mass is 19.1. The number of nitrogen functional groups attached to an aromatic ring is 1. The van der Waals surface area contributed by atoms with Crippen molar-refractivity contribution >= 4 is 11.6 Å². The Morgan fingerprint density at radius 3 is 2.41 bits per heavy atom. The molecule has 2 unspecified atom stereocenters. The van der Waals surface area contributed by atoms with Gasteiger partial charge in [-0.2, -0.15) is 0 Å². The highest BCUT2D eigenvalue weighted by Crippen LogP contribution is 2.25. The molecule has 0 bridgehead atoms. The summed E-state index contributed by atoms with van der Waals surface area (Å²) in [7, 11) is 0. The molecule has 6 N–H and O–H groups in total. The summed E-state index contributed by atoms with van der Waals surface area (Å²) in [5, 5.41) is 18.9. The van der Waals surface area contributed by atoms with Crippen LogP contribution in [0.25, 0.3) is 0 Å². The molecule has 5 nitrogen and oxygen atoms in total. The van der Waals surface area contributed by atoms with Crippen molar-refractivity contribution in [2.24, 2.45) is 5.73 Å². The van der Waals surface area contributed by atoms with Gasteiger partial charge < -0.3 is 21.7 Å². The molecule has 1 aromatic rings. The highest BCUT2D eigenvalue weighted by Gasteiger charge is 2.24. The number of amides is 1. The summed E-state index contributed by atoms with van der Waals surface area (Å²) in [4.78, 5) is 10.5. The van der Waals surface area contributed by atoms with E-state index in [0.29, 0.717) is 6.07 Å². The maximum atomic E-state index is 13.3.